The lowest BCUT2D eigenvalue weighted by molar-refractivity contribution is -0.757. The molecule has 0 bridgehead atoms. The van der Waals surface area contributed by atoms with Gasteiger partial charge in [-0.15, -0.1) is 10.1 Å². The number of hydrogen-bond acceptors (Lipinski definition) is 6. The first kappa shape index (κ1) is 15.7. The van der Waals surface area contributed by atoms with E-state index in [4.69, 9.17) is 4.74 Å². The first-order chi connectivity index (χ1) is 10.5. The van der Waals surface area contributed by atoms with Gasteiger partial charge in [0.05, 0.1) is 24.3 Å². The van der Waals surface area contributed by atoms with Crippen molar-refractivity contribution < 1.29 is 24.3 Å². The van der Waals surface area contributed by atoms with Crippen molar-refractivity contribution in [2.45, 2.75) is 19.8 Å². The molecule has 8 nitrogen and oxygen atoms in total. The van der Waals surface area contributed by atoms with Gasteiger partial charge in [-0.3, -0.25) is 14.5 Å². The number of benzene rings is 1. The molecule has 22 heavy (non-hydrogen) atoms. The Morgan fingerprint density at radius 3 is 2.59 bits per heavy atom. The number of unbranched alkanes of at least 4 members (excludes halogenated alkanes) is 1. The number of carbonyl (C=O) groups is 2. The van der Waals surface area contributed by atoms with Crippen LogP contribution in [0.3, 0.4) is 0 Å². The molecule has 0 radical (unpaired) electrons. The van der Waals surface area contributed by atoms with Crippen LogP contribution in [0.1, 0.15) is 40.5 Å². The van der Waals surface area contributed by atoms with Crippen LogP contribution < -0.4 is 4.74 Å². The topological polar surface area (TPSA) is 99.0 Å². The highest BCUT2D eigenvalue weighted by atomic mass is 16.9. The average Bonchev–Trinajstić information content (AvgIpc) is 2.71. The van der Waals surface area contributed by atoms with Crippen LogP contribution in [-0.2, 0) is 4.84 Å². The van der Waals surface area contributed by atoms with Crippen LogP contribution in [0.5, 0.6) is 5.75 Å². The largest absolute Gasteiger partial charge is 0.494 e. The second kappa shape index (κ2) is 6.88. The lowest BCUT2D eigenvalue weighted by atomic mass is 10.1. The summed E-state index contributed by atoms with van der Waals surface area (Å²) in [6.45, 7) is 2.46. The number of hydrogen-bond donors (Lipinski definition) is 0. The number of carbonyl (C=O) groups excluding carboxylic acids is 2. The van der Waals surface area contributed by atoms with Crippen LogP contribution in [0.25, 0.3) is 0 Å². The van der Waals surface area contributed by atoms with Gasteiger partial charge in [0.25, 0.3) is 16.9 Å². The van der Waals surface area contributed by atoms with Crippen LogP contribution >= 0.6 is 0 Å². The number of amides is 2. The Balaban J connectivity index is 1.96. The minimum Gasteiger partial charge on any atom is -0.494 e. The number of rotatable bonds is 8. The van der Waals surface area contributed by atoms with E-state index in [-0.39, 0.29) is 25.0 Å². The summed E-state index contributed by atoms with van der Waals surface area (Å²) in [5.41, 5.74) is 0.687. The fourth-order valence-electron chi connectivity index (χ4n) is 2.24. The van der Waals surface area contributed by atoms with Crippen LogP contribution in [0.4, 0.5) is 0 Å². The minimum atomic E-state index is -0.864. The van der Waals surface area contributed by atoms with E-state index in [0.717, 1.165) is 4.90 Å². The molecule has 8 heteroatoms. The number of ether oxygens (including phenoxy) is 1. The van der Waals surface area contributed by atoms with Crippen molar-refractivity contribution in [3.63, 3.8) is 0 Å². The lowest BCUT2D eigenvalue weighted by Crippen LogP contribution is -2.30. The molecule has 2 rings (SSSR count). The minimum absolute atomic E-state index is 0.0509. The standard InChI is InChI=1S/C14H16N2O6/c1-2-21-10-5-6-11-12(9-10)14(18)15(13(11)17)7-3-4-8-22-16(19)20/h5-6,9H,2-4,7-8H2,1H3. The van der Waals surface area contributed by atoms with E-state index in [0.29, 0.717) is 36.3 Å². The monoisotopic (exact) mass is 308 g/mol. The van der Waals surface area contributed by atoms with E-state index < -0.39 is 5.09 Å². The van der Waals surface area contributed by atoms with Crippen molar-refractivity contribution in [3.8, 4) is 5.75 Å². The van der Waals surface area contributed by atoms with Gasteiger partial charge in [-0.25, -0.2) is 0 Å². The Labute approximate surface area is 126 Å². The quantitative estimate of drug-likeness (QED) is 0.313. The van der Waals surface area contributed by atoms with E-state index in [1.807, 2.05) is 6.92 Å². The average molecular weight is 308 g/mol. The number of fused-ring (bicyclic) bond motifs is 1. The summed E-state index contributed by atoms with van der Waals surface area (Å²) in [7, 11) is 0. The molecule has 0 aliphatic carbocycles. The molecule has 0 aromatic heterocycles. The molecule has 2 amide bonds. The van der Waals surface area contributed by atoms with Crippen LogP contribution in [0.2, 0.25) is 0 Å². The molecule has 1 heterocycles. The maximum Gasteiger partial charge on any atom is 0.294 e. The maximum absolute atomic E-state index is 12.2. The maximum atomic E-state index is 12.2. The predicted octanol–water partition coefficient (Wildman–Crippen LogP) is 1.67. The Bertz CT molecular complexity index is 601. The molecule has 1 aliphatic heterocycles. The van der Waals surface area contributed by atoms with Crippen molar-refractivity contribution >= 4 is 11.8 Å². The van der Waals surface area contributed by atoms with Gasteiger partial charge in [0.2, 0.25) is 0 Å². The van der Waals surface area contributed by atoms with Gasteiger partial charge in [0.1, 0.15) is 5.75 Å². The summed E-state index contributed by atoms with van der Waals surface area (Å²) in [6.07, 6.45) is 0.830. The van der Waals surface area contributed by atoms with Crippen LogP contribution in [0.15, 0.2) is 18.2 Å². The van der Waals surface area contributed by atoms with Crippen molar-refractivity contribution in [2.75, 3.05) is 19.8 Å². The molecule has 0 saturated carbocycles. The van der Waals surface area contributed by atoms with E-state index in [9.17, 15) is 19.7 Å². The Hall–Kier alpha value is -2.64. The normalized spacial score (nSPS) is 13.2. The number of nitrogens with zero attached hydrogens (tertiary/aromatic N) is 2. The van der Waals surface area contributed by atoms with E-state index in [2.05, 4.69) is 4.84 Å². The molecule has 0 saturated heterocycles. The van der Waals surface area contributed by atoms with Crippen LogP contribution in [0, 0.1) is 10.1 Å². The molecular formula is C14H16N2O6. The van der Waals surface area contributed by atoms with Gasteiger partial charge in [-0.1, -0.05) is 0 Å². The molecule has 0 N–H and O–H groups in total. The molecule has 0 fully saturated rings. The van der Waals surface area contributed by atoms with Gasteiger partial charge >= 0.3 is 0 Å². The van der Waals surface area contributed by atoms with Gasteiger partial charge in [-0.2, -0.15) is 0 Å². The summed E-state index contributed by atoms with van der Waals surface area (Å²) in [4.78, 5) is 39.8. The summed E-state index contributed by atoms with van der Waals surface area (Å²) in [5, 5.41) is 9.15. The summed E-state index contributed by atoms with van der Waals surface area (Å²) < 4.78 is 5.32. The van der Waals surface area contributed by atoms with Gasteiger partial charge in [0.15, 0.2) is 0 Å². The first-order valence-electron chi connectivity index (χ1n) is 6.95. The van der Waals surface area contributed by atoms with Gasteiger partial charge < -0.3 is 9.57 Å². The zero-order chi connectivity index (χ0) is 16.1. The van der Waals surface area contributed by atoms with Crippen molar-refractivity contribution in [1.29, 1.82) is 0 Å². The fraction of sp³-hybridized carbons (Fsp3) is 0.429. The second-order valence-electron chi connectivity index (χ2n) is 4.67. The van der Waals surface area contributed by atoms with Gasteiger partial charge in [-0.05, 0) is 38.0 Å². The molecule has 1 aromatic carbocycles. The third-order valence-electron chi connectivity index (χ3n) is 3.23. The highest BCUT2D eigenvalue weighted by molar-refractivity contribution is 6.21. The lowest BCUT2D eigenvalue weighted by Gasteiger charge is -2.13. The molecule has 0 unspecified atom stereocenters. The third-order valence-corrected chi connectivity index (χ3v) is 3.23. The molecule has 118 valence electrons. The van der Waals surface area contributed by atoms with Gasteiger partial charge in [0, 0.05) is 6.54 Å². The van der Waals surface area contributed by atoms with E-state index in [1.165, 1.54) is 0 Å². The summed E-state index contributed by atoms with van der Waals surface area (Å²) >= 11 is 0. The molecule has 0 spiro atoms. The summed E-state index contributed by atoms with van der Waals surface area (Å²) in [5.74, 6) is -0.168. The highest BCUT2D eigenvalue weighted by Gasteiger charge is 2.35. The third kappa shape index (κ3) is 3.33. The first-order valence-corrected chi connectivity index (χ1v) is 6.95. The van der Waals surface area contributed by atoms with Crippen LogP contribution in [-0.4, -0.2) is 41.6 Å². The zero-order valence-corrected chi connectivity index (χ0v) is 12.1. The van der Waals surface area contributed by atoms with Crippen molar-refractivity contribution in [3.05, 3.63) is 39.4 Å². The Kier molecular flexibility index (Phi) is 4.92. The Morgan fingerprint density at radius 2 is 1.91 bits per heavy atom. The Morgan fingerprint density at radius 1 is 1.18 bits per heavy atom. The van der Waals surface area contributed by atoms with Crippen molar-refractivity contribution in [2.24, 2.45) is 0 Å². The predicted molar refractivity (Wildman–Crippen MR) is 75.2 cm³/mol. The molecular weight excluding hydrogens is 292 g/mol. The second-order valence-corrected chi connectivity index (χ2v) is 4.67. The SMILES string of the molecule is CCOc1ccc2c(c1)C(=O)N(CCCCO[N+](=O)[O-])C2=O. The zero-order valence-electron chi connectivity index (χ0n) is 12.1. The molecule has 1 aromatic rings. The molecule has 1 aliphatic rings. The smallest absolute Gasteiger partial charge is 0.294 e. The van der Waals surface area contributed by atoms with Crippen molar-refractivity contribution in [1.82, 2.24) is 4.90 Å². The fourth-order valence-corrected chi connectivity index (χ4v) is 2.24. The number of imide groups is 1. The molecule has 0 atom stereocenters. The van der Waals surface area contributed by atoms with E-state index in [1.54, 1.807) is 18.2 Å². The summed E-state index contributed by atoms with van der Waals surface area (Å²) in [6, 6.07) is 4.80. The highest BCUT2D eigenvalue weighted by Crippen LogP contribution is 2.27. The van der Waals surface area contributed by atoms with E-state index >= 15 is 0 Å².